The predicted octanol–water partition coefficient (Wildman–Crippen LogP) is 3.79. The predicted molar refractivity (Wildman–Crippen MR) is 57.4 cm³/mol. The van der Waals surface area contributed by atoms with E-state index >= 15 is 0 Å². The average Bonchev–Trinajstić information content (AvgIpc) is 2.26. The Morgan fingerprint density at radius 2 is 1.88 bits per heavy atom. The van der Waals surface area contributed by atoms with Crippen LogP contribution in [0.1, 0.15) is 23.7 Å². The summed E-state index contributed by atoms with van der Waals surface area (Å²) < 4.78 is 39.3. The second kappa shape index (κ2) is 5.40. The molecule has 2 nitrogen and oxygen atoms in total. The maximum absolute atomic E-state index is 11.9. The first-order valence-electron chi connectivity index (χ1n) is 4.87. The third-order valence-corrected chi connectivity index (χ3v) is 2.52. The van der Waals surface area contributed by atoms with Gasteiger partial charge in [0.05, 0.1) is 5.38 Å². The fourth-order valence-corrected chi connectivity index (χ4v) is 1.31. The summed E-state index contributed by atoms with van der Waals surface area (Å²) in [5.41, 5.74) is 0.265. The Kier molecular flexibility index (Phi) is 4.40. The normalized spacial score (nSPS) is 13.2. The van der Waals surface area contributed by atoms with E-state index < -0.39 is 11.7 Å². The van der Waals surface area contributed by atoms with Gasteiger partial charge in [-0.05, 0) is 30.7 Å². The van der Waals surface area contributed by atoms with Gasteiger partial charge in [-0.15, -0.1) is 24.8 Å². The lowest BCUT2D eigenvalue weighted by molar-refractivity contribution is -0.274. The Morgan fingerprint density at radius 1 is 1.35 bits per heavy atom. The van der Waals surface area contributed by atoms with Crippen molar-refractivity contribution in [2.45, 2.75) is 25.1 Å². The minimum Gasteiger partial charge on any atom is -0.406 e. The molecule has 0 saturated heterocycles. The smallest absolute Gasteiger partial charge is 0.406 e. The fourth-order valence-electron chi connectivity index (χ4n) is 1.19. The molecule has 1 atom stereocenters. The van der Waals surface area contributed by atoms with Crippen molar-refractivity contribution >= 4 is 17.4 Å². The van der Waals surface area contributed by atoms with E-state index in [4.69, 9.17) is 11.6 Å². The van der Waals surface area contributed by atoms with Gasteiger partial charge in [0.25, 0.3) is 0 Å². The Balaban J connectivity index is 2.78. The zero-order chi connectivity index (χ0) is 13.1. The zero-order valence-electron chi connectivity index (χ0n) is 8.92. The van der Waals surface area contributed by atoms with Crippen LogP contribution in [0.25, 0.3) is 0 Å². The second-order valence-electron chi connectivity index (χ2n) is 3.31. The van der Waals surface area contributed by atoms with Crippen molar-refractivity contribution in [3.8, 4) is 5.75 Å². The van der Waals surface area contributed by atoms with E-state index in [9.17, 15) is 18.0 Å². The van der Waals surface area contributed by atoms with Crippen LogP contribution in [0.15, 0.2) is 24.3 Å². The number of ether oxygens (including phenoxy) is 1. The molecule has 1 unspecified atom stereocenters. The Bertz CT molecular complexity index is 387. The summed E-state index contributed by atoms with van der Waals surface area (Å²) in [5.74, 6) is -0.676. The van der Waals surface area contributed by atoms with E-state index in [1.165, 1.54) is 12.1 Å². The number of benzene rings is 1. The number of hydrogen-bond acceptors (Lipinski definition) is 2. The van der Waals surface area contributed by atoms with Crippen molar-refractivity contribution < 1.29 is 22.7 Å². The van der Waals surface area contributed by atoms with Crippen molar-refractivity contribution in [1.29, 1.82) is 0 Å². The first-order chi connectivity index (χ1) is 7.83. The van der Waals surface area contributed by atoms with E-state index in [-0.39, 0.29) is 17.1 Å². The highest BCUT2D eigenvalue weighted by atomic mass is 35.5. The van der Waals surface area contributed by atoms with Crippen molar-refractivity contribution in [2.75, 3.05) is 0 Å². The van der Waals surface area contributed by atoms with Crippen LogP contribution in [0.5, 0.6) is 5.75 Å². The minimum absolute atomic E-state index is 0.265. The van der Waals surface area contributed by atoms with Gasteiger partial charge in [-0.2, -0.15) is 0 Å². The SMILES string of the molecule is CCC(Cl)C(=O)c1ccc(OC(F)(F)F)cc1. The molecule has 0 fully saturated rings. The molecular formula is C11H10ClF3O2. The first-order valence-corrected chi connectivity index (χ1v) is 5.31. The maximum atomic E-state index is 11.9. The van der Waals surface area contributed by atoms with Crippen LogP contribution in [0.4, 0.5) is 13.2 Å². The second-order valence-corrected chi connectivity index (χ2v) is 3.84. The van der Waals surface area contributed by atoms with Crippen molar-refractivity contribution in [3.05, 3.63) is 29.8 Å². The number of carbonyl (C=O) groups excluding carboxylic acids is 1. The Morgan fingerprint density at radius 3 is 2.29 bits per heavy atom. The molecule has 1 rings (SSSR count). The molecule has 1 aromatic rings. The van der Waals surface area contributed by atoms with E-state index in [0.717, 1.165) is 12.1 Å². The number of Topliss-reactive ketones (excluding diaryl/α,β-unsaturated/α-hetero) is 1. The zero-order valence-corrected chi connectivity index (χ0v) is 9.68. The molecule has 0 heterocycles. The van der Waals surface area contributed by atoms with Gasteiger partial charge < -0.3 is 4.74 Å². The van der Waals surface area contributed by atoms with Crippen molar-refractivity contribution in [3.63, 3.8) is 0 Å². The van der Waals surface area contributed by atoms with Gasteiger partial charge in [0, 0.05) is 5.56 Å². The van der Waals surface area contributed by atoms with Gasteiger partial charge in [-0.25, -0.2) is 0 Å². The van der Waals surface area contributed by atoms with Crippen LogP contribution < -0.4 is 4.74 Å². The van der Waals surface area contributed by atoms with E-state index in [2.05, 4.69) is 4.74 Å². The highest BCUT2D eigenvalue weighted by Gasteiger charge is 2.31. The standard InChI is InChI=1S/C11H10ClF3O2/c1-2-9(12)10(16)7-3-5-8(6-4-7)17-11(13,14)15/h3-6,9H,2H2,1H3. The van der Waals surface area contributed by atoms with Crippen LogP contribution in [0.3, 0.4) is 0 Å². The molecular weight excluding hydrogens is 257 g/mol. The summed E-state index contributed by atoms with van der Waals surface area (Å²) in [7, 11) is 0. The number of alkyl halides is 4. The van der Waals surface area contributed by atoms with E-state index in [0.29, 0.717) is 6.42 Å². The Hall–Kier alpha value is -1.23. The summed E-state index contributed by atoms with van der Waals surface area (Å²) in [5, 5.41) is -0.663. The molecule has 0 radical (unpaired) electrons. The topological polar surface area (TPSA) is 26.3 Å². The van der Waals surface area contributed by atoms with E-state index in [1.54, 1.807) is 6.92 Å². The molecule has 94 valence electrons. The fraction of sp³-hybridized carbons (Fsp3) is 0.364. The van der Waals surface area contributed by atoms with E-state index in [1.807, 2.05) is 0 Å². The molecule has 1 aromatic carbocycles. The molecule has 17 heavy (non-hydrogen) atoms. The molecule has 0 spiro atoms. The van der Waals surface area contributed by atoms with Crippen LogP contribution in [0.2, 0.25) is 0 Å². The van der Waals surface area contributed by atoms with Crippen LogP contribution in [-0.2, 0) is 0 Å². The molecule has 0 aliphatic carbocycles. The highest BCUT2D eigenvalue weighted by Crippen LogP contribution is 2.23. The van der Waals surface area contributed by atoms with Gasteiger partial charge in [-0.1, -0.05) is 6.92 Å². The highest BCUT2D eigenvalue weighted by molar-refractivity contribution is 6.33. The van der Waals surface area contributed by atoms with Crippen molar-refractivity contribution in [1.82, 2.24) is 0 Å². The first kappa shape index (κ1) is 13.8. The molecule has 0 aliphatic rings. The summed E-state index contributed by atoms with van der Waals surface area (Å²) in [6.45, 7) is 1.75. The monoisotopic (exact) mass is 266 g/mol. The summed E-state index contributed by atoms with van der Waals surface area (Å²) >= 11 is 5.74. The molecule has 0 aliphatic heterocycles. The van der Waals surface area contributed by atoms with Gasteiger partial charge in [0.15, 0.2) is 5.78 Å². The molecule has 0 aromatic heterocycles. The van der Waals surface area contributed by atoms with Gasteiger partial charge in [0.1, 0.15) is 5.75 Å². The van der Waals surface area contributed by atoms with Gasteiger partial charge in [0.2, 0.25) is 0 Å². The van der Waals surface area contributed by atoms with Crippen LogP contribution >= 0.6 is 11.6 Å². The third kappa shape index (κ3) is 4.26. The number of halogens is 4. The lowest BCUT2D eigenvalue weighted by Crippen LogP contribution is -2.17. The minimum atomic E-state index is -4.73. The Labute approximate surface area is 101 Å². The number of rotatable bonds is 4. The molecule has 0 bridgehead atoms. The third-order valence-electron chi connectivity index (χ3n) is 2.02. The lowest BCUT2D eigenvalue weighted by Gasteiger charge is -2.09. The van der Waals surface area contributed by atoms with Crippen LogP contribution in [0, 0.1) is 0 Å². The van der Waals surface area contributed by atoms with Gasteiger partial charge >= 0.3 is 6.36 Å². The quantitative estimate of drug-likeness (QED) is 0.612. The number of carbonyl (C=O) groups is 1. The molecule has 0 amide bonds. The molecule has 0 N–H and O–H groups in total. The largest absolute Gasteiger partial charge is 0.573 e. The van der Waals surface area contributed by atoms with Crippen molar-refractivity contribution in [2.24, 2.45) is 0 Å². The summed E-state index contributed by atoms with van der Waals surface area (Å²) in [6, 6.07) is 4.68. The average molecular weight is 267 g/mol. The number of hydrogen-bond donors (Lipinski definition) is 0. The number of ketones is 1. The molecule has 0 saturated carbocycles. The lowest BCUT2D eigenvalue weighted by atomic mass is 10.1. The summed E-state index contributed by atoms with van der Waals surface area (Å²) in [6.07, 6.45) is -4.27. The molecule has 6 heteroatoms. The maximum Gasteiger partial charge on any atom is 0.573 e. The van der Waals surface area contributed by atoms with Crippen LogP contribution in [-0.4, -0.2) is 17.5 Å². The summed E-state index contributed by atoms with van der Waals surface area (Å²) in [4.78, 5) is 11.6. The van der Waals surface area contributed by atoms with Gasteiger partial charge in [-0.3, -0.25) is 4.79 Å².